The van der Waals surface area contributed by atoms with Crippen molar-refractivity contribution in [2.24, 2.45) is 5.41 Å². The third-order valence-corrected chi connectivity index (χ3v) is 5.37. The molecule has 0 radical (unpaired) electrons. The molecule has 0 atom stereocenters. The van der Waals surface area contributed by atoms with E-state index in [1.54, 1.807) is 18.2 Å². The van der Waals surface area contributed by atoms with E-state index >= 15 is 0 Å². The number of hydrogen-bond donors (Lipinski definition) is 2. The molecule has 7 heteroatoms. The van der Waals surface area contributed by atoms with Crippen LogP contribution in [0.1, 0.15) is 19.3 Å². The second kappa shape index (κ2) is 6.90. The van der Waals surface area contributed by atoms with Crippen LogP contribution in [0.3, 0.4) is 0 Å². The van der Waals surface area contributed by atoms with Crippen LogP contribution in [0.25, 0.3) is 0 Å². The molecular formula is C14H15Cl2NO3S. The van der Waals surface area contributed by atoms with E-state index in [0.29, 0.717) is 22.9 Å². The molecule has 0 aliphatic heterocycles. The van der Waals surface area contributed by atoms with Gasteiger partial charge in [-0.1, -0.05) is 29.6 Å². The maximum atomic E-state index is 11.8. The highest BCUT2D eigenvalue weighted by atomic mass is 35.5. The molecule has 114 valence electrons. The van der Waals surface area contributed by atoms with Gasteiger partial charge in [-0.05, 0) is 31.0 Å². The third kappa shape index (κ3) is 4.05. The first-order valence-corrected chi connectivity index (χ1v) is 8.25. The molecule has 1 aromatic rings. The summed E-state index contributed by atoms with van der Waals surface area (Å²) in [7, 11) is 0. The highest BCUT2D eigenvalue weighted by Crippen LogP contribution is 2.40. The Morgan fingerprint density at radius 1 is 1.33 bits per heavy atom. The van der Waals surface area contributed by atoms with Crippen LogP contribution in [0.5, 0.6) is 0 Å². The number of nitrogens with one attached hydrogen (secondary N) is 1. The van der Waals surface area contributed by atoms with Crippen molar-refractivity contribution in [3.05, 3.63) is 28.2 Å². The number of rotatable bonds is 6. The largest absolute Gasteiger partial charge is 0.481 e. The first-order valence-electron chi connectivity index (χ1n) is 6.51. The molecule has 1 aliphatic carbocycles. The van der Waals surface area contributed by atoms with Crippen LogP contribution >= 0.6 is 35.0 Å². The van der Waals surface area contributed by atoms with Crippen LogP contribution in [0.4, 0.5) is 0 Å². The number of hydrogen-bond acceptors (Lipinski definition) is 3. The Morgan fingerprint density at radius 2 is 2.05 bits per heavy atom. The summed E-state index contributed by atoms with van der Waals surface area (Å²) >= 11 is 13.2. The molecule has 0 aromatic heterocycles. The van der Waals surface area contributed by atoms with E-state index < -0.39 is 11.4 Å². The Hall–Kier alpha value is -0.910. The van der Waals surface area contributed by atoms with Crippen LogP contribution in [0, 0.1) is 5.41 Å². The fourth-order valence-electron chi connectivity index (χ4n) is 2.12. The van der Waals surface area contributed by atoms with Gasteiger partial charge in [0.15, 0.2) is 0 Å². The second-order valence-electron chi connectivity index (χ2n) is 5.08. The van der Waals surface area contributed by atoms with E-state index in [9.17, 15) is 14.7 Å². The van der Waals surface area contributed by atoms with Crippen molar-refractivity contribution in [1.82, 2.24) is 5.32 Å². The Kier molecular flexibility index (Phi) is 5.41. The minimum absolute atomic E-state index is 0.176. The zero-order valence-corrected chi connectivity index (χ0v) is 13.5. The van der Waals surface area contributed by atoms with Gasteiger partial charge in [0.05, 0.1) is 16.2 Å². The first-order chi connectivity index (χ1) is 9.93. The topological polar surface area (TPSA) is 66.4 Å². The van der Waals surface area contributed by atoms with Crippen molar-refractivity contribution in [2.45, 2.75) is 24.2 Å². The monoisotopic (exact) mass is 347 g/mol. The van der Waals surface area contributed by atoms with E-state index in [-0.39, 0.29) is 18.2 Å². The van der Waals surface area contributed by atoms with E-state index in [1.165, 1.54) is 11.8 Å². The number of carbonyl (C=O) groups excluding carboxylic acids is 1. The number of halogens is 2. The van der Waals surface area contributed by atoms with Crippen LogP contribution in [-0.4, -0.2) is 29.3 Å². The molecule has 0 heterocycles. The fraction of sp³-hybridized carbons (Fsp3) is 0.429. The standard InChI is InChI=1S/C14H15Cl2NO3S/c15-9-2-3-10(16)11(6-9)21-7-12(18)17-8-14(13(19)20)4-1-5-14/h2-3,6H,1,4-5,7-8H2,(H,17,18)(H,19,20). The molecule has 21 heavy (non-hydrogen) atoms. The predicted octanol–water partition coefficient (Wildman–Crippen LogP) is 3.46. The summed E-state index contributed by atoms with van der Waals surface area (Å²) in [6, 6.07) is 5.06. The number of amides is 1. The molecule has 0 bridgehead atoms. The van der Waals surface area contributed by atoms with E-state index in [4.69, 9.17) is 23.2 Å². The Bertz CT molecular complexity index is 561. The molecule has 0 saturated heterocycles. The minimum atomic E-state index is -0.834. The quantitative estimate of drug-likeness (QED) is 0.773. The molecule has 2 N–H and O–H groups in total. The minimum Gasteiger partial charge on any atom is -0.481 e. The molecule has 4 nitrogen and oxygen atoms in total. The van der Waals surface area contributed by atoms with Crippen molar-refractivity contribution < 1.29 is 14.7 Å². The average Bonchev–Trinajstić information content (AvgIpc) is 2.38. The van der Waals surface area contributed by atoms with Gasteiger partial charge in [0.1, 0.15) is 0 Å². The van der Waals surface area contributed by atoms with Crippen molar-refractivity contribution >= 4 is 46.8 Å². The van der Waals surface area contributed by atoms with Gasteiger partial charge in [0.2, 0.25) is 5.91 Å². The van der Waals surface area contributed by atoms with Crippen molar-refractivity contribution in [1.29, 1.82) is 0 Å². The lowest BCUT2D eigenvalue weighted by atomic mass is 9.69. The molecular weight excluding hydrogens is 333 g/mol. The summed E-state index contributed by atoms with van der Waals surface area (Å²) in [5, 5.41) is 13.0. The number of benzene rings is 1. The summed E-state index contributed by atoms with van der Waals surface area (Å²) in [4.78, 5) is 23.7. The van der Waals surface area contributed by atoms with Gasteiger partial charge < -0.3 is 10.4 Å². The average molecular weight is 348 g/mol. The molecule has 2 rings (SSSR count). The summed E-state index contributed by atoms with van der Waals surface area (Å²) in [5.41, 5.74) is -0.770. The van der Waals surface area contributed by atoms with Gasteiger partial charge in [0.25, 0.3) is 0 Å². The number of carbonyl (C=O) groups is 2. The number of carboxylic acid groups (broad SMARTS) is 1. The van der Waals surface area contributed by atoms with Crippen LogP contribution < -0.4 is 5.32 Å². The van der Waals surface area contributed by atoms with Crippen LogP contribution in [-0.2, 0) is 9.59 Å². The van der Waals surface area contributed by atoms with Crippen LogP contribution in [0.2, 0.25) is 10.0 Å². The maximum absolute atomic E-state index is 11.8. The van der Waals surface area contributed by atoms with Gasteiger partial charge >= 0.3 is 5.97 Å². The van der Waals surface area contributed by atoms with E-state index in [2.05, 4.69) is 5.32 Å². The van der Waals surface area contributed by atoms with Crippen molar-refractivity contribution in [3.63, 3.8) is 0 Å². The molecule has 1 aromatic carbocycles. The molecule has 1 amide bonds. The Balaban J connectivity index is 1.82. The van der Waals surface area contributed by atoms with Gasteiger partial charge in [0, 0.05) is 16.5 Å². The van der Waals surface area contributed by atoms with Gasteiger partial charge in [-0.3, -0.25) is 9.59 Å². The molecule has 0 unspecified atom stereocenters. The summed E-state index contributed by atoms with van der Waals surface area (Å²) < 4.78 is 0. The van der Waals surface area contributed by atoms with Crippen molar-refractivity contribution in [3.8, 4) is 0 Å². The maximum Gasteiger partial charge on any atom is 0.311 e. The number of carboxylic acids is 1. The van der Waals surface area contributed by atoms with E-state index in [0.717, 1.165) is 11.3 Å². The zero-order chi connectivity index (χ0) is 15.5. The van der Waals surface area contributed by atoms with Gasteiger partial charge in [-0.25, -0.2) is 0 Å². The number of aliphatic carboxylic acids is 1. The van der Waals surface area contributed by atoms with Crippen molar-refractivity contribution in [2.75, 3.05) is 12.3 Å². The smallest absolute Gasteiger partial charge is 0.311 e. The summed E-state index contributed by atoms with van der Waals surface area (Å²) in [5.74, 6) is -0.862. The molecule has 1 saturated carbocycles. The lowest BCUT2D eigenvalue weighted by molar-refractivity contribution is -0.154. The van der Waals surface area contributed by atoms with E-state index in [1.807, 2.05) is 0 Å². The van der Waals surface area contributed by atoms with Gasteiger partial charge in [-0.2, -0.15) is 0 Å². The summed E-state index contributed by atoms with van der Waals surface area (Å²) in [6.45, 7) is 0.186. The SMILES string of the molecule is O=C(CSc1cc(Cl)ccc1Cl)NCC1(C(=O)O)CCC1. The normalized spacial score (nSPS) is 16.1. The molecule has 0 spiro atoms. The number of thioether (sulfide) groups is 1. The van der Waals surface area contributed by atoms with Gasteiger partial charge in [-0.15, -0.1) is 11.8 Å². The Labute approximate surface area is 137 Å². The highest BCUT2D eigenvalue weighted by Gasteiger charge is 2.44. The third-order valence-electron chi connectivity index (χ3n) is 3.64. The first kappa shape index (κ1) is 16.5. The lowest BCUT2D eigenvalue weighted by Crippen LogP contribution is -2.47. The molecule has 1 fully saturated rings. The van der Waals surface area contributed by atoms with Crippen LogP contribution in [0.15, 0.2) is 23.1 Å². The molecule has 1 aliphatic rings. The fourth-order valence-corrected chi connectivity index (χ4v) is 3.44. The zero-order valence-electron chi connectivity index (χ0n) is 11.2. The predicted molar refractivity (Wildman–Crippen MR) is 84.1 cm³/mol. The summed E-state index contributed by atoms with van der Waals surface area (Å²) in [6.07, 6.45) is 2.14. The second-order valence-corrected chi connectivity index (χ2v) is 6.94. The lowest BCUT2D eigenvalue weighted by Gasteiger charge is -2.37. The Morgan fingerprint density at radius 3 is 2.62 bits per heavy atom. The highest BCUT2D eigenvalue weighted by molar-refractivity contribution is 8.00.